The Morgan fingerprint density at radius 1 is 1.13 bits per heavy atom. The molecule has 0 saturated carbocycles. The molecular formula is C18H18N2O3. The zero-order chi connectivity index (χ0) is 16.2. The number of nitrogens with zero attached hydrogens (tertiary/aromatic N) is 1. The van der Waals surface area contributed by atoms with E-state index in [1.807, 2.05) is 42.5 Å². The third kappa shape index (κ3) is 3.04. The fourth-order valence-electron chi connectivity index (χ4n) is 2.81. The van der Waals surface area contributed by atoms with Gasteiger partial charge in [0.2, 0.25) is 11.8 Å². The van der Waals surface area contributed by atoms with Crippen LogP contribution in [0.3, 0.4) is 0 Å². The van der Waals surface area contributed by atoms with Crippen LogP contribution in [-0.2, 0) is 9.59 Å². The van der Waals surface area contributed by atoms with Crippen molar-refractivity contribution < 1.29 is 14.3 Å². The third-order valence-electron chi connectivity index (χ3n) is 3.91. The lowest BCUT2D eigenvalue weighted by Crippen LogP contribution is -2.41. The molecule has 23 heavy (non-hydrogen) atoms. The number of benzene rings is 2. The number of rotatable bonds is 4. The van der Waals surface area contributed by atoms with Gasteiger partial charge < -0.3 is 10.1 Å². The summed E-state index contributed by atoms with van der Waals surface area (Å²) in [6, 6.07) is 16.0. The fourth-order valence-corrected chi connectivity index (χ4v) is 2.81. The van der Waals surface area contributed by atoms with Crippen LogP contribution < -0.4 is 15.0 Å². The Kier molecular flexibility index (Phi) is 4.28. The summed E-state index contributed by atoms with van der Waals surface area (Å²) < 4.78 is 5.25. The second-order valence-corrected chi connectivity index (χ2v) is 5.34. The van der Waals surface area contributed by atoms with E-state index in [0.717, 1.165) is 5.69 Å². The van der Waals surface area contributed by atoms with Gasteiger partial charge in [0.25, 0.3) is 0 Å². The molecule has 1 fully saturated rings. The topological polar surface area (TPSA) is 58.6 Å². The average molecular weight is 310 g/mol. The van der Waals surface area contributed by atoms with E-state index in [1.165, 1.54) is 0 Å². The Morgan fingerprint density at radius 2 is 1.83 bits per heavy atom. The van der Waals surface area contributed by atoms with Crippen molar-refractivity contribution in [1.82, 2.24) is 0 Å². The summed E-state index contributed by atoms with van der Waals surface area (Å²) in [7, 11) is 1.56. The Bertz CT molecular complexity index is 715. The molecule has 1 heterocycles. The number of carbonyl (C=O) groups excluding carboxylic acids is 2. The van der Waals surface area contributed by atoms with Crippen molar-refractivity contribution in [3.05, 3.63) is 54.6 Å². The maximum Gasteiger partial charge on any atom is 0.247 e. The van der Waals surface area contributed by atoms with E-state index in [1.54, 1.807) is 24.1 Å². The number of carbonyl (C=O) groups is 2. The second-order valence-electron chi connectivity index (χ2n) is 5.34. The number of nitrogens with one attached hydrogen (secondary N) is 1. The first-order valence-electron chi connectivity index (χ1n) is 7.51. The predicted octanol–water partition coefficient (Wildman–Crippen LogP) is 2.83. The van der Waals surface area contributed by atoms with Gasteiger partial charge in [0.15, 0.2) is 0 Å². The molecule has 118 valence electrons. The normalized spacial score (nSPS) is 17.2. The summed E-state index contributed by atoms with van der Waals surface area (Å²) in [5.41, 5.74) is 1.35. The van der Waals surface area contributed by atoms with Gasteiger partial charge in [0.1, 0.15) is 11.8 Å². The van der Waals surface area contributed by atoms with E-state index >= 15 is 0 Å². The standard InChI is InChI=1S/C18H18N2O3/c1-23-16-10-6-5-9-14(16)19-18(22)15-11-12-17(21)20(15)13-7-3-2-4-8-13/h2-10,15H,11-12H2,1H3,(H,19,22). The van der Waals surface area contributed by atoms with E-state index in [-0.39, 0.29) is 11.8 Å². The van der Waals surface area contributed by atoms with Gasteiger partial charge >= 0.3 is 0 Å². The van der Waals surface area contributed by atoms with E-state index < -0.39 is 6.04 Å². The molecule has 1 unspecified atom stereocenters. The second kappa shape index (κ2) is 6.52. The van der Waals surface area contributed by atoms with Gasteiger partial charge in [-0.25, -0.2) is 0 Å². The van der Waals surface area contributed by atoms with Crippen LogP contribution in [0.5, 0.6) is 5.75 Å². The summed E-state index contributed by atoms with van der Waals surface area (Å²) in [6.07, 6.45) is 0.883. The van der Waals surface area contributed by atoms with Crippen LogP contribution >= 0.6 is 0 Å². The summed E-state index contributed by atoms with van der Waals surface area (Å²) in [5.74, 6) is 0.358. The van der Waals surface area contributed by atoms with E-state index in [4.69, 9.17) is 4.74 Å². The molecule has 0 aliphatic carbocycles. The first kappa shape index (κ1) is 15.1. The molecule has 1 aliphatic rings. The zero-order valence-corrected chi connectivity index (χ0v) is 12.9. The molecule has 0 aromatic heterocycles. The van der Waals surface area contributed by atoms with Crippen molar-refractivity contribution in [1.29, 1.82) is 0 Å². The molecule has 0 radical (unpaired) electrons. The minimum atomic E-state index is -0.505. The molecule has 0 bridgehead atoms. The molecule has 2 aromatic carbocycles. The SMILES string of the molecule is COc1ccccc1NC(=O)C1CCC(=O)N1c1ccccc1. The molecule has 2 aromatic rings. The first-order chi connectivity index (χ1) is 11.2. The predicted molar refractivity (Wildman–Crippen MR) is 88.6 cm³/mol. The van der Waals surface area contributed by atoms with Gasteiger partial charge in [0, 0.05) is 12.1 Å². The molecular weight excluding hydrogens is 292 g/mol. The van der Waals surface area contributed by atoms with Gasteiger partial charge in [0.05, 0.1) is 12.8 Å². The fraction of sp³-hybridized carbons (Fsp3) is 0.222. The van der Waals surface area contributed by atoms with Crippen molar-refractivity contribution in [2.75, 3.05) is 17.3 Å². The smallest absolute Gasteiger partial charge is 0.247 e. The largest absolute Gasteiger partial charge is 0.495 e. The molecule has 1 atom stereocenters. The lowest BCUT2D eigenvalue weighted by atomic mass is 10.2. The number of amides is 2. The first-order valence-corrected chi connectivity index (χ1v) is 7.51. The van der Waals surface area contributed by atoms with Crippen LogP contribution in [-0.4, -0.2) is 25.0 Å². The lowest BCUT2D eigenvalue weighted by Gasteiger charge is -2.24. The van der Waals surface area contributed by atoms with Crippen molar-refractivity contribution in [2.24, 2.45) is 0 Å². The molecule has 3 rings (SSSR count). The Hall–Kier alpha value is -2.82. The van der Waals surface area contributed by atoms with Crippen LogP contribution in [0.15, 0.2) is 54.6 Å². The van der Waals surface area contributed by atoms with Crippen molar-refractivity contribution in [3.63, 3.8) is 0 Å². The highest BCUT2D eigenvalue weighted by Crippen LogP contribution is 2.29. The van der Waals surface area contributed by atoms with Crippen LogP contribution in [0.2, 0.25) is 0 Å². The molecule has 5 heteroatoms. The van der Waals surface area contributed by atoms with Crippen molar-refractivity contribution >= 4 is 23.2 Å². The zero-order valence-electron chi connectivity index (χ0n) is 12.9. The number of ether oxygens (including phenoxy) is 1. The van der Waals surface area contributed by atoms with Crippen LogP contribution in [0.25, 0.3) is 0 Å². The maximum atomic E-state index is 12.7. The van der Waals surface area contributed by atoms with E-state index in [0.29, 0.717) is 24.3 Å². The number of hydrogen-bond donors (Lipinski definition) is 1. The Labute approximate surface area is 134 Å². The van der Waals surface area contributed by atoms with Gasteiger partial charge in [-0.3, -0.25) is 14.5 Å². The molecule has 0 spiro atoms. The number of anilines is 2. The molecule has 1 N–H and O–H groups in total. The van der Waals surface area contributed by atoms with Gasteiger partial charge in [-0.05, 0) is 30.7 Å². The number of para-hydroxylation sites is 3. The Morgan fingerprint density at radius 3 is 2.57 bits per heavy atom. The minimum Gasteiger partial charge on any atom is -0.495 e. The lowest BCUT2D eigenvalue weighted by molar-refractivity contribution is -0.120. The van der Waals surface area contributed by atoms with E-state index in [9.17, 15) is 9.59 Å². The molecule has 1 aliphatic heterocycles. The quantitative estimate of drug-likeness (QED) is 0.944. The highest BCUT2D eigenvalue weighted by molar-refractivity contribution is 6.07. The maximum absolute atomic E-state index is 12.7. The van der Waals surface area contributed by atoms with E-state index in [2.05, 4.69) is 5.32 Å². The van der Waals surface area contributed by atoms with Gasteiger partial charge in [-0.1, -0.05) is 30.3 Å². The average Bonchev–Trinajstić information content (AvgIpc) is 2.98. The number of methoxy groups -OCH3 is 1. The van der Waals surface area contributed by atoms with Crippen LogP contribution in [0.4, 0.5) is 11.4 Å². The van der Waals surface area contributed by atoms with Crippen molar-refractivity contribution in [2.45, 2.75) is 18.9 Å². The van der Waals surface area contributed by atoms with Crippen LogP contribution in [0.1, 0.15) is 12.8 Å². The summed E-state index contributed by atoms with van der Waals surface area (Å²) in [6.45, 7) is 0. The third-order valence-corrected chi connectivity index (χ3v) is 3.91. The van der Waals surface area contributed by atoms with Gasteiger partial charge in [-0.15, -0.1) is 0 Å². The summed E-state index contributed by atoms with van der Waals surface area (Å²) in [4.78, 5) is 26.4. The minimum absolute atomic E-state index is 0.0311. The molecule has 1 saturated heterocycles. The summed E-state index contributed by atoms with van der Waals surface area (Å²) >= 11 is 0. The number of hydrogen-bond acceptors (Lipinski definition) is 3. The van der Waals surface area contributed by atoms with Crippen molar-refractivity contribution in [3.8, 4) is 5.75 Å². The van der Waals surface area contributed by atoms with Gasteiger partial charge in [-0.2, -0.15) is 0 Å². The highest BCUT2D eigenvalue weighted by atomic mass is 16.5. The summed E-state index contributed by atoms with van der Waals surface area (Å²) in [5, 5.41) is 2.87. The molecule has 5 nitrogen and oxygen atoms in total. The monoisotopic (exact) mass is 310 g/mol. The highest BCUT2D eigenvalue weighted by Gasteiger charge is 2.37. The van der Waals surface area contributed by atoms with Crippen LogP contribution in [0, 0.1) is 0 Å². The molecule has 2 amide bonds. The Balaban J connectivity index is 1.82.